The molecule has 0 N–H and O–H groups in total. The number of hydrogen-bond acceptors (Lipinski definition) is 1. The monoisotopic (exact) mass is 304 g/mol. The Morgan fingerprint density at radius 2 is 2.11 bits per heavy atom. The quantitative estimate of drug-likeness (QED) is 0.772. The van der Waals surface area contributed by atoms with E-state index in [4.69, 9.17) is 4.98 Å². The molecule has 1 atom stereocenters. The highest BCUT2D eigenvalue weighted by atomic mass is 79.9. The molecular weight excluding hydrogens is 288 g/mol. The largest absolute Gasteiger partial charge is 0.327 e. The minimum Gasteiger partial charge on any atom is -0.327 e. The topological polar surface area (TPSA) is 17.8 Å². The Bertz CT molecular complexity index is 586. The van der Waals surface area contributed by atoms with Crippen molar-refractivity contribution >= 4 is 15.9 Å². The number of nitrogens with zero attached hydrogens (tertiary/aromatic N) is 2. The second-order valence-electron chi connectivity index (χ2n) is 5.24. The van der Waals surface area contributed by atoms with Gasteiger partial charge in [0.2, 0.25) is 0 Å². The third kappa shape index (κ3) is 1.91. The highest BCUT2D eigenvalue weighted by Gasteiger charge is 2.23. The first-order valence-electron chi connectivity index (χ1n) is 6.47. The minimum absolute atomic E-state index is 0.737. The Morgan fingerprint density at radius 1 is 1.33 bits per heavy atom. The van der Waals surface area contributed by atoms with Gasteiger partial charge in [0.05, 0.1) is 5.69 Å². The van der Waals surface area contributed by atoms with Crippen molar-refractivity contribution in [2.45, 2.75) is 33.2 Å². The molecule has 0 spiro atoms. The van der Waals surface area contributed by atoms with E-state index in [0.717, 1.165) is 29.3 Å². The number of fused-ring (bicyclic) bond motifs is 1. The fourth-order valence-electron chi connectivity index (χ4n) is 2.71. The van der Waals surface area contributed by atoms with Crippen molar-refractivity contribution in [1.82, 2.24) is 9.55 Å². The molecule has 1 aliphatic rings. The van der Waals surface area contributed by atoms with Gasteiger partial charge in [0, 0.05) is 12.1 Å². The summed E-state index contributed by atoms with van der Waals surface area (Å²) < 4.78 is 3.41. The summed E-state index contributed by atoms with van der Waals surface area (Å²) in [7, 11) is 0. The first-order valence-corrected chi connectivity index (χ1v) is 7.27. The number of hydrogen-bond donors (Lipinski definition) is 0. The van der Waals surface area contributed by atoms with Gasteiger partial charge >= 0.3 is 0 Å². The van der Waals surface area contributed by atoms with Crippen LogP contribution in [0.1, 0.15) is 24.6 Å². The molecular formula is C15H17BrN2. The van der Waals surface area contributed by atoms with Gasteiger partial charge in [-0.05, 0) is 47.2 Å². The van der Waals surface area contributed by atoms with E-state index in [2.05, 4.69) is 58.6 Å². The van der Waals surface area contributed by atoms with Crippen molar-refractivity contribution in [3.8, 4) is 11.4 Å². The smallest absolute Gasteiger partial charge is 0.141 e. The molecule has 0 amide bonds. The third-order valence-corrected chi connectivity index (χ3v) is 4.41. The second-order valence-corrected chi connectivity index (χ2v) is 5.99. The molecule has 94 valence electrons. The molecule has 0 saturated carbocycles. The summed E-state index contributed by atoms with van der Waals surface area (Å²) >= 11 is 3.61. The van der Waals surface area contributed by atoms with E-state index in [9.17, 15) is 0 Å². The molecule has 1 unspecified atom stereocenters. The molecule has 0 bridgehead atoms. The summed E-state index contributed by atoms with van der Waals surface area (Å²) in [5.74, 6) is 1.85. The first kappa shape index (κ1) is 12.0. The van der Waals surface area contributed by atoms with E-state index in [1.54, 1.807) is 0 Å². The lowest BCUT2D eigenvalue weighted by Crippen LogP contribution is -2.18. The van der Waals surface area contributed by atoms with Crippen LogP contribution in [-0.4, -0.2) is 9.55 Å². The lowest BCUT2D eigenvalue weighted by molar-refractivity contribution is 0.401. The molecule has 1 aromatic heterocycles. The third-order valence-electron chi connectivity index (χ3n) is 3.78. The van der Waals surface area contributed by atoms with Crippen molar-refractivity contribution in [2.24, 2.45) is 5.92 Å². The van der Waals surface area contributed by atoms with E-state index >= 15 is 0 Å². The summed E-state index contributed by atoms with van der Waals surface area (Å²) in [6.07, 6.45) is 2.39. The molecule has 3 rings (SSSR count). The lowest BCUT2D eigenvalue weighted by Gasteiger charge is -2.23. The Kier molecular flexibility index (Phi) is 3.02. The highest BCUT2D eigenvalue weighted by Crippen LogP contribution is 2.33. The van der Waals surface area contributed by atoms with E-state index in [0.29, 0.717) is 0 Å². The number of benzene rings is 1. The SMILES string of the molecule is Cc1ccccc1-c1nc(Br)c2n1CC(C)CC2. The zero-order valence-corrected chi connectivity index (χ0v) is 12.4. The fourth-order valence-corrected chi connectivity index (χ4v) is 3.29. The number of imidazole rings is 1. The molecule has 0 fully saturated rings. The van der Waals surface area contributed by atoms with Crippen molar-refractivity contribution < 1.29 is 0 Å². The summed E-state index contributed by atoms with van der Waals surface area (Å²) in [5.41, 5.74) is 3.89. The van der Waals surface area contributed by atoms with Crippen molar-refractivity contribution in [3.05, 3.63) is 40.1 Å². The predicted molar refractivity (Wildman–Crippen MR) is 77.6 cm³/mol. The van der Waals surface area contributed by atoms with Gasteiger partial charge in [-0.3, -0.25) is 0 Å². The number of halogens is 1. The number of rotatable bonds is 1. The van der Waals surface area contributed by atoms with Gasteiger partial charge < -0.3 is 4.57 Å². The minimum atomic E-state index is 0.737. The van der Waals surface area contributed by atoms with E-state index in [-0.39, 0.29) is 0 Å². The van der Waals surface area contributed by atoms with Gasteiger partial charge in [-0.15, -0.1) is 0 Å². The van der Waals surface area contributed by atoms with Gasteiger partial charge in [0.1, 0.15) is 10.4 Å². The van der Waals surface area contributed by atoms with Crippen LogP contribution in [0.15, 0.2) is 28.9 Å². The Labute approximate surface area is 116 Å². The van der Waals surface area contributed by atoms with E-state index in [1.807, 2.05) is 0 Å². The summed E-state index contributed by atoms with van der Waals surface area (Å²) in [4.78, 5) is 4.74. The number of aryl methyl sites for hydroxylation is 1. The molecule has 1 aromatic carbocycles. The highest BCUT2D eigenvalue weighted by molar-refractivity contribution is 9.10. The van der Waals surface area contributed by atoms with Crippen LogP contribution in [0.25, 0.3) is 11.4 Å². The maximum atomic E-state index is 4.74. The molecule has 18 heavy (non-hydrogen) atoms. The average Bonchev–Trinajstić information content (AvgIpc) is 2.67. The number of aromatic nitrogens is 2. The molecule has 0 saturated heterocycles. The van der Waals surface area contributed by atoms with Crippen LogP contribution in [0.5, 0.6) is 0 Å². The lowest BCUT2D eigenvalue weighted by atomic mass is 10.00. The zero-order valence-electron chi connectivity index (χ0n) is 10.8. The normalized spacial score (nSPS) is 18.7. The molecule has 2 aromatic rings. The van der Waals surface area contributed by atoms with Crippen molar-refractivity contribution in [3.63, 3.8) is 0 Å². The van der Waals surface area contributed by atoms with Gasteiger partial charge in [-0.1, -0.05) is 31.2 Å². The fraction of sp³-hybridized carbons (Fsp3) is 0.400. The van der Waals surface area contributed by atoms with E-state index < -0.39 is 0 Å². The molecule has 0 radical (unpaired) electrons. The maximum Gasteiger partial charge on any atom is 0.141 e. The maximum absolute atomic E-state index is 4.74. The Morgan fingerprint density at radius 3 is 2.89 bits per heavy atom. The van der Waals surface area contributed by atoms with Gasteiger partial charge in [0.25, 0.3) is 0 Å². The van der Waals surface area contributed by atoms with Crippen LogP contribution >= 0.6 is 15.9 Å². The van der Waals surface area contributed by atoms with Crippen LogP contribution in [0.4, 0.5) is 0 Å². The van der Waals surface area contributed by atoms with Gasteiger partial charge in [0.15, 0.2) is 0 Å². The molecule has 3 heteroatoms. The van der Waals surface area contributed by atoms with Crippen LogP contribution < -0.4 is 0 Å². The summed E-state index contributed by atoms with van der Waals surface area (Å²) in [6, 6.07) is 8.48. The van der Waals surface area contributed by atoms with Crippen molar-refractivity contribution in [1.29, 1.82) is 0 Å². The Balaban J connectivity index is 2.17. The Hall–Kier alpha value is -1.09. The first-order chi connectivity index (χ1) is 8.66. The molecule has 1 aliphatic heterocycles. The van der Waals surface area contributed by atoms with Crippen molar-refractivity contribution in [2.75, 3.05) is 0 Å². The van der Waals surface area contributed by atoms with Crippen LogP contribution in [-0.2, 0) is 13.0 Å². The van der Waals surface area contributed by atoms with Gasteiger partial charge in [-0.25, -0.2) is 4.98 Å². The second kappa shape index (κ2) is 4.54. The van der Waals surface area contributed by atoms with E-state index in [1.165, 1.54) is 23.2 Å². The molecule has 0 aliphatic carbocycles. The van der Waals surface area contributed by atoms with Crippen LogP contribution in [0, 0.1) is 12.8 Å². The summed E-state index contributed by atoms with van der Waals surface area (Å²) in [5, 5.41) is 0. The van der Waals surface area contributed by atoms with Gasteiger partial charge in [-0.2, -0.15) is 0 Å². The van der Waals surface area contributed by atoms with Crippen LogP contribution in [0.3, 0.4) is 0 Å². The zero-order chi connectivity index (χ0) is 12.7. The standard InChI is InChI=1S/C15H17BrN2/c1-10-7-8-13-14(16)17-15(18(13)9-10)12-6-4-3-5-11(12)2/h3-6,10H,7-9H2,1-2H3. The average molecular weight is 305 g/mol. The van der Waals surface area contributed by atoms with Crippen LogP contribution in [0.2, 0.25) is 0 Å². The summed E-state index contributed by atoms with van der Waals surface area (Å²) in [6.45, 7) is 5.55. The predicted octanol–water partition coefficient (Wildman–Crippen LogP) is 4.20. The molecule has 2 nitrogen and oxygen atoms in total. The molecule has 2 heterocycles.